The van der Waals surface area contributed by atoms with Gasteiger partial charge in [0.2, 0.25) is 0 Å². The lowest BCUT2D eigenvalue weighted by Crippen LogP contribution is -1.85. The molecule has 0 saturated heterocycles. The van der Waals surface area contributed by atoms with Gasteiger partial charge < -0.3 is 4.74 Å². The van der Waals surface area contributed by atoms with Crippen molar-refractivity contribution >= 4 is 21.5 Å². The van der Waals surface area contributed by atoms with Crippen LogP contribution in [0.2, 0.25) is 0 Å². The Kier molecular flexibility index (Phi) is 2.03. The standard InChI is InChI=1S/C15H11O/c1-16-15-13-8-4-2-6-11(13)10-12-7-3-5-9-14(12)15/h2-10H,1H2. The largest absolute Gasteiger partial charge is 0.489 e. The van der Waals surface area contributed by atoms with Crippen molar-refractivity contribution in [2.45, 2.75) is 0 Å². The Morgan fingerprint density at radius 3 is 1.75 bits per heavy atom. The van der Waals surface area contributed by atoms with Gasteiger partial charge in [0, 0.05) is 10.8 Å². The van der Waals surface area contributed by atoms with E-state index in [2.05, 4.69) is 37.4 Å². The molecule has 0 aliphatic heterocycles. The molecule has 3 aromatic rings. The third-order valence-electron chi connectivity index (χ3n) is 2.87. The van der Waals surface area contributed by atoms with E-state index in [0.717, 1.165) is 16.5 Å². The fourth-order valence-electron chi connectivity index (χ4n) is 2.13. The predicted molar refractivity (Wildman–Crippen MR) is 67.4 cm³/mol. The van der Waals surface area contributed by atoms with Crippen molar-refractivity contribution < 1.29 is 4.74 Å². The SMILES string of the molecule is [CH2]Oc1c2ccccc2cc2ccccc12. The zero-order valence-electron chi connectivity index (χ0n) is 8.81. The molecule has 1 nitrogen and oxygen atoms in total. The lowest BCUT2D eigenvalue weighted by Gasteiger charge is -2.09. The number of hydrogen-bond donors (Lipinski definition) is 0. The molecule has 0 fully saturated rings. The van der Waals surface area contributed by atoms with E-state index >= 15 is 0 Å². The first-order chi connectivity index (χ1) is 7.90. The first-order valence-corrected chi connectivity index (χ1v) is 5.22. The van der Waals surface area contributed by atoms with Crippen LogP contribution < -0.4 is 4.74 Å². The Balaban J connectivity index is 2.56. The van der Waals surface area contributed by atoms with Gasteiger partial charge in [-0.15, -0.1) is 0 Å². The van der Waals surface area contributed by atoms with Crippen LogP contribution in [-0.4, -0.2) is 0 Å². The van der Waals surface area contributed by atoms with E-state index in [1.807, 2.05) is 24.3 Å². The number of benzene rings is 3. The Morgan fingerprint density at radius 1 is 0.750 bits per heavy atom. The average Bonchev–Trinajstić information content (AvgIpc) is 2.36. The molecule has 3 rings (SSSR count). The van der Waals surface area contributed by atoms with Crippen molar-refractivity contribution in [1.29, 1.82) is 0 Å². The molecule has 0 atom stereocenters. The van der Waals surface area contributed by atoms with Gasteiger partial charge in [-0.2, -0.15) is 0 Å². The number of ether oxygens (including phenoxy) is 1. The molecule has 0 bridgehead atoms. The minimum absolute atomic E-state index is 0.855. The normalized spacial score (nSPS) is 10.8. The van der Waals surface area contributed by atoms with Crippen LogP contribution in [-0.2, 0) is 0 Å². The smallest absolute Gasteiger partial charge is 0.135 e. The molecule has 0 unspecified atom stereocenters. The summed E-state index contributed by atoms with van der Waals surface area (Å²) in [5, 5.41) is 4.58. The zero-order valence-corrected chi connectivity index (χ0v) is 8.81. The lowest BCUT2D eigenvalue weighted by molar-refractivity contribution is 0.484. The van der Waals surface area contributed by atoms with E-state index in [0.29, 0.717) is 0 Å². The van der Waals surface area contributed by atoms with Crippen LogP contribution in [0.3, 0.4) is 0 Å². The molecule has 0 saturated carbocycles. The fraction of sp³-hybridized carbons (Fsp3) is 0. The summed E-state index contributed by atoms with van der Waals surface area (Å²) in [6.45, 7) is 0. The highest BCUT2D eigenvalue weighted by Gasteiger charge is 2.06. The molecule has 0 aliphatic rings. The van der Waals surface area contributed by atoms with Crippen LogP contribution in [0.15, 0.2) is 54.6 Å². The summed E-state index contributed by atoms with van der Waals surface area (Å²) in [6.07, 6.45) is 0. The molecule has 0 spiro atoms. The average molecular weight is 207 g/mol. The second-order valence-corrected chi connectivity index (χ2v) is 3.79. The van der Waals surface area contributed by atoms with E-state index < -0.39 is 0 Å². The first kappa shape index (κ1) is 9.22. The Morgan fingerprint density at radius 2 is 1.25 bits per heavy atom. The molecular formula is C15H11O. The quantitative estimate of drug-likeness (QED) is 0.544. The minimum atomic E-state index is 0.855. The summed E-state index contributed by atoms with van der Waals surface area (Å²) >= 11 is 0. The van der Waals surface area contributed by atoms with Gasteiger partial charge in [0.15, 0.2) is 0 Å². The highest BCUT2D eigenvalue weighted by atomic mass is 16.5. The van der Waals surface area contributed by atoms with E-state index in [1.165, 1.54) is 10.8 Å². The Hall–Kier alpha value is -2.02. The summed E-state index contributed by atoms with van der Waals surface area (Å²) in [6, 6.07) is 18.6. The molecule has 0 aromatic heterocycles. The van der Waals surface area contributed by atoms with Crippen LogP contribution >= 0.6 is 0 Å². The maximum absolute atomic E-state index is 5.29. The van der Waals surface area contributed by atoms with E-state index in [4.69, 9.17) is 4.74 Å². The summed E-state index contributed by atoms with van der Waals surface area (Å²) in [7, 11) is 3.56. The molecule has 0 aliphatic carbocycles. The van der Waals surface area contributed by atoms with Gasteiger partial charge in [0.25, 0.3) is 0 Å². The number of fused-ring (bicyclic) bond motifs is 2. The lowest BCUT2D eigenvalue weighted by atomic mass is 10.0. The number of hydrogen-bond acceptors (Lipinski definition) is 1. The van der Waals surface area contributed by atoms with Crippen molar-refractivity contribution in [1.82, 2.24) is 0 Å². The maximum Gasteiger partial charge on any atom is 0.135 e. The fourth-order valence-corrected chi connectivity index (χ4v) is 2.13. The highest BCUT2D eigenvalue weighted by molar-refractivity contribution is 6.05. The van der Waals surface area contributed by atoms with Crippen LogP contribution in [0.25, 0.3) is 21.5 Å². The molecule has 77 valence electrons. The molecular weight excluding hydrogens is 196 g/mol. The molecule has 16 heavy (non-hydrogen) atoms. The summed E-state index contributed by atoms with van der Waals surface area (Å²) < 4.78 is 5.29. The van der Waals surface area contributed by atoms with E-state index in [9.17, 15) is 0 Å². The van der Waals surface area contributed by atoms with Crippen molar-refractivity contribution in [2.75, 3.05) is 0 Å². The summed E-state index contributed by atoms with van der Waals surface area (Å²) in [5.74, 6) is 0.855. The predicted octanol–water partition coefficient (Wildman–Crippen LogP) is 4.16. The van der Waals surface area contributed by atoms with Gasteiger partial charge in [0.1, 0.15) is 12.9 Å². The van der Waals surface area contributed by atoms with Crippen LogP contribution in [0, 0.1) is 7.11 Å². The minimum Gasteiger partial charge on any atom is -0.489 e. The monoisotopic (exact) mass is 207 g/mol. The zero-order chi connectivity index (χ0) is 11.0. The maximum atomic E-state index is 5.29. The third kappa shape index (κ3) is 1.25. The Labute approximate surface area is 94.3 Å². The van der Waals surface area contributed by atoms with Gasteiger partial charge in [0.05, 0.1) is 0 Å². The van der Waals surface area contributed by atoms with Gasteiger partial charge in [-0.3, -0.25) is 0 Å². The molecule has 1 heteroatoms. The van der Waals surface area contributed by atoms with E-state index in [-0.39, 0.29) is 0 Å². The van der Waals surface area contributed by atoms with Crippen molar-refractivity contribution in [2.24, 2.45) is 0 Å². The molecule has 3 aromatic carbocycles. The second-order valence-electron chi connectivity index (χ2n) is 3.79. The molecule has 0 amide bonds. The van der Waals surface area contributed by atoms with Gasteiger partial charge >= 0.3 is 0 Å². The topological polar surface area (TPSA) is 9.23 Å². The van der Waals surface area contributed by atoms with Crippen LogP contribution in [0.5, 0.6) is 5.75 Å². The van der Waals surface area contributed by atoms with Gasteiger partial charge in [-0.05, 0) is 16.8 Å². The molecule has 0 heterocycles. The van der Waals surface area contributed by atoms with Gasteiger partial charge in [-0.1, -0.05) is 48.5 Å². The molecule has 0 N–H and O–H groups in total. The van der Waals surface area contributed by atoms with E-state index in [1.54, 1.807) is 0 Å². The summed E-state index contributed by atoms with van der Waals surface area (Å²) in [4.78, 5) is 0. The van der Waals surface area contributed by atoms with Crippen LogP contribution in [0.1, 0.15) is 0 Å². The first-order valence-electron chi connectivity index (χ1n) is 5.22. The van der Waals surface area contributed by atoms with Gasteiger partial charge in [-0.25, -0.2) is 0 Å². The van der Waals surface area contributed by atoms with Crippen molar-refractivity contribution in [3.8, 4) is 5.75 Å². The third-order valence-corrected chi connectivity index (χ3v) is 2.87. The highest BCUT2D eigenvalue weighted by Crippen LogP contribution is 2.34. The molecule has 1 radical (unpaired) electrons. The summed E-state index contributed by atoms with van der Waals surface area (Å²) in [5.41, 5.74) is 0. The Bertz CT molecular complexity index is 602. The van der Waals surface area contributed by atoms with Crippen molar-refractivity contribution in [3.05, 3.63) is 61.7 Å². The second kappa shape index (κ2) is 3.53. The van der Waals surface area contributed by atoms with Crippen LogP contribution in [0.4, 0.5) is 0 Å². The van der Waals surface area contributed by atoms with Crippen molar-refractivity contribution in [3.63, 3.8) is 0 Å². The number of rotatable bonds is 1.